The number of hydrogen-bond acceptors (Lipinski definition) is 2. The Kier molecular flexibility index (Phi) is 15.4. The van der Waals surface area contributed by atoms with Gasteiger partial charge in [-0.3, -0.25) is 0 Å². The molecule has 0 aliphatic heterocycles. The van der Waals surface area contributed by atoms with E-state index in [1.165, 1.54) is 61.4 Å². The molecule has 0 bridgehead atoms. The van der Waals surface area contributed by atoms with E-state index in [1.807, 2.05) is 6.07 Å². The predicted octanol–water partition coefficient (Wildman–Crippen LogP) is 8.45. The molecule has 0 fully saturated rings. The van der Waals surface area contributed by atoms with Gasteiger partial charge < -0.3 is 15.0 Å². The zero-order valence-corrected chi connectivity index (χ0v) is 21.5. The highest BCUT2D eigenvalue weighted by Crippen LogP contribution is 2.23. The minimum atomic E-state index is 0.915. The Morgan fingerprint density at radius 2 is 1.44 bits per heavy atom. The van der Waals surface area contributed by atoms with E-state index in [9.17, 15) is 0 Å². The van der Waals surface area contributed by atoms with Crippen molar-refractivity contribution < 1.29 is 4.74 Å². The van der Waals surface area contributed by atoms with E-state index in [2.05, 4.69) is 84.2 Å². The number of nitrogens with one attached hydrogen (secondary N) is 2. The number of benzene rings is 1. The second-order valence-electron chi connectivity index (χ2n) is 8.81. The zero-order chi connectivity index (χ0) is 24.1. The van der Waals surface area contributed by atoms with Crippen molar-refractivity contribution in [1.82, 2.24) is 10.3 Å². The van der Waals surface area contributed by atoms with Crippen LogP contribution in [0.1, 0.15) is 76.7 Å². The molecule has 0 unspecified atom stereocenters. The van der Waals surface area contributed by atoms with Crippen LogP contribution in [0, 0.1) is 0 Å². The summed E-state index contributed by atoms with van der Waals surface area (Å²) in [6.45, 7) is 4.34. The smallest absolute Gasteiger partial charge is 0.119 e. The van der Waals surface area contributed by atoms with Gasteiger partial charge in [-0.05, 0) is 94.6 Å². The quantitative estimate of drug-likeness (QED) is 0.162. The van der Waals surface area contributed by atoms with Crippen LogP contribution in [0.5, 0.6) is 5.75 Å². The Morgan fingerprint density at radius 3 is 2.09 bits per heavy atom. The second kappa shape index (κ2) is 18.9. The largest absolute Gasteiger partial charge is 0.497 e. The molecule has 0 saturated carbocycles. The Hall–Kier alpha value is -2.52. The van der Waals surface area contributed by atoms with E-state index in [-0.39, 0.29) is 0 Å². The fourth-order valence-electron chi connectivity index (χ4n) is 3.91. The van der Waals surface area contributed by atoms with Gasteiger partial charge in [0, 0.05) is 17.1 Å². The summed E-state index contributed by atoms with van der Waals surface area (Å²) >= 11 is 0. The highest BCUT2D eigenvalue weighted by atomic mass is 16.5. The zero-order valence-electron chi connectivity index (χ0n) is 21.5. The molecule has 0 saturated heterocycles. The van der Waals surface area contributed by atoms with Crippen molar-refractivity contribution in [3.05, 3.63) is 78.6 Å². The Labute approximate surface area is 208 Å². The first kappa shape index (κ1) is 27.7. The van der Waals surface area contributed by atoms with E-state index in [0.29, 0.717) is 0 Å². The van der Waals surface area contributed by atoms with Crippen LogP contribution >= 0.6 is 0 Å². The van der Waals surface area contributed by atoms with Gasteiger partial charge in [0.25, 0.3) is 0 Å². The molecule has 2 N–H and O–H groups in total. The van der Waals surface area contributed by atoms with Crippen LogP contribution in [0.2, 0.25) is 0 Å². The molecule has 3 heteroatoms. The standard InChI is InChI=1S/C31H46N2O/c1-3-4-5-6-7-8-9-10-11-12-13-14-15-16-17-18-19-20-24-32-25-23-28-27-33-31-22-21-29(34-2)26-30(28)31/h7-8,10-11,13-14,16-17,21-22,26-27,32-33H,3-6,9,12,15,18-20,23-25H2,1-2H3. The second-order valence-corrected chi connectivity index (χ2v) is 8.81. The van der Waals surface area contributed by atoms with Crippen molar-refractivity contribution >= 4 is 10.9 Å². The minimum absolute atomic E-state index is 0.915. The van der Waals surface area contributed by atoms with Gasteiger partial charge in [0.1, 0.15) is 5.75 Å². The van der Waals surface area contributed by atoms with E-state index >= 15 is 0 Å². The van der Waals surface area contributed by atoms with Gasteiger partial charge in [-0.2, -0.15) is 0 Å². The molecule has 1 aromatic heterocycles. The van der Waals surface area contributed by atoms with Crippen molar-refractivity contribution in [2.24, 2.45) is 0 Å². The lowest BCUT2D eigenvalue weighted by Crippen LogP contribution is -2.18. The van der Waals surface area contributed by atoms with Crippen LogP contribution in [-0.2, 0) is 6.42 Å². The summed E-state index contributed by atoms with van der Waals surface area (Å²) in [4.78, 5) is 3.35. The molecular weight excluding hydrogens is 416 g/mol. The fourth-order valence-corrected chi connectivity index (χ4v) is 3.91. The van der Waals surface area contributed by atoms with Gasteiger partial charge in [-0.25, -0.2) is 0 Å². The van der Waals surface area contributed by atoms with E-state index in [0.717, 1.165) is 44.5 Å². The van der Waals surface area contributed by atoms with Crippen LogP contribution in [0.4, 0.5) is 0 Å². The topological polar surface area (TPSA) is 37.0 Å². The molecule has 0 atom stereocenters. The van der Waals surface area contributed by atoms with Crippen LogP contribution in [-0.4, -0.2) is 25.2 Å². The number of fused-ring (bicyclic) bond motifs is 1. The summed E-state index contributed by atoms with van der Waals surface area (Å²) in [5, 5.41) is 4.85. The Bertz CT molecular complexity index is 888. The molecule has 2 rings (SSSR count). The number of aromatic nitrogens is 1. The lowest BCUT2D eigenvalue weighted by molar-refractivity contribution is 0.415. The van der Waals surface area contributed by atoms with Gasteiger partial charge in [0.05, 0.1) is 7.11 Å². The molecule has 0 radical (unpaired) electrons. The van der Waals surface area contributed by atoms with Crippen molar-refractivity contribution in [2.75, 3.05) is 20.2 Å². The van der Waals surface area contributed by atoms with E-state index in [4.69, 9.17) is 4.74 Å². The number of ether oxygens (including phenoxy) is 1. The lowest BCUT2D eigenvalue weighted by Gasteiger charge is -2.04. The number of hydrogen-bond donors (Lipinski definition) is 2. The van der Waals surface area contributed by atoms with E-state index in [1.54, 1.807) is 7.11 Å². The van der Waals surface area contributed by atoms with Crippen LogP contribution in [0.3, 0.4) is 0 Å². The lowest BCUT2D eigenvalue weighted by atomic mass is 10.1. The van der Waals surface area contributed by atoms with Crippen molar-refractivity contribution in [3.8, 4) is 5.75 Å². The average molecular weight is 463 g/mol. The maximum atomic E-state index is 5.35. The van der Waals surface area contributed by atoms with Crippen molar-refractivity contribution in [3.63, 3.8) is 0 Å². The van der Waals surface area contributed by atoms with Gasteiger partial charge in [0.15, 0.2) is 0 Å². The highest BCUT2D eigenvalue weighted by Gasteiger charge is 2.04. The summed E-state index contributed by atoms with van der Waals surface area (Å²) in [7, 11) is 1.72. The van der Waals surface area contributed by atoms with Gasteiger partial charge in [-0.1, -0.05) is 68.4 Å². The molecule has 0 aliphatic rings. The minimum Gasteiger partial charge on any atom is -0.497 e. The summed E-state index contributed by atoms with van der Waals surface area (Å²) in [6, 6.07) is 6.20. The maximum absolute atomic E-state index is 5.35. The first-order valence-electron chi connectivity index (χ1n) is 13.3. The molecule has 0 amide bonds. The average Bonchev–Trinajstić information content (AvgIpc) is 3.27. The molecule has 3 nitrogen and oxygen atoms in total. The Balaban J connectivity index is 1.42. The molecular formula is C31H46N2O. The van der Waals surface area contributed by atoms with Gasteiger partial charge in [-0.15, -0.1) is 0 Å². The van der Waals surface area contributed by atoms with Gasteiger partial charge >= 0.3 is 0 Å². The number of rotatable bonds is 19. The molecule has 34 heavy (non-hydrogen) atoms. The highest BCUT2D eigenvalue weighted by molar-refractivity contribution is 5.84. The van der Waals surface area contributed by atoms with Crippen LogP contribution in [0.25, 0.3) is 10.9 Å². The first-order valence-corrected chi connectivity index (χ1v) is 13.3. The predicted molar refractivity (Wildman–Crippen MR) is 150 cm³/mol. The van der Waals surface area contributed by atoms with E-state index < -0.39 is 0 Å². The third kappa shape index (κ3) is 12.1. The van der Waals surface area contributed by atoms with Crippen molar-refractivity contribution in [2.45, 2.75) is 77.6 Å². The molecule has 0 spiro atoms. The monoisotopic (exact) mass is 462 g/mol. The van der Waals surface area contributed by atoms with Crippen LogP contribution < -0.4 is 10.1 Å². The SMILES string of the molecule is CCCCCC=CCC=CCC=CCC=CCCCCNCCc1c[nH]c2ccc(OC)cc12. The number of unbranched alkanes of at least 4 members (excludes halogenated alkanes) is 5. The fraction of sp³-hybridized carbons (Fsp3) is 0.484. The number of methoxy groups -OCH3 is 1. The number of aromatic amines is 1. The summed E-state index contributed by atoms with van der Waals surface area (Å²) in [5.41, 5.74) is 2.53. The van der Waals surface area contributed by atoms with Crippen molar-refractivity contribution in [1.29, 1.82) is 0 Å². The number of H-pyrrole nitrogens is 1. The summed E-state index contributed by atoms with van der Waals surface area (Å²) < 4.78 is 5.35. The summed E-state index contributed by atoms with van der Waals surface area (Å²) in [6.07, 6.45) is 33.4. The van der Waals surface area contributed by atoms with Crippen LogP contribution in [0.15, 0.2) is 73.0 Å². The molecule has 0 aliphatic carbocycles. The molecule has 186 valence electrons. The molecule has 1 aromatic carbocycles. The number of allylic oxidation sites excluding steroid dienone is 8. The third-order valence-electron chi connectivity index (χ3n) is 5.98. The molecule has 2 aromatic rings. The first-order chi connectivity index (χ1) is 16.8. The maximum Gasteiger partial charge on any atom is 0.119 e. The van der Waals surface area contributed by atoms with Gasteiger partial charge in [0.2, 0.25) is 0 Å². The Morgan fingerprint density at radius 1 is 0.794 bits per heavy atom. The third-order valence-corrected chi connectivity index (χ3v) is 5.98. The summed E-state index contributed by atoms with van der Waals surface area (Å²) in [5.74, 6) is 0.915. The molecule has 1 heterocycles. The normalized spacial score (nSPS) is 12.4.